The Balaban J connectivity index is 1.31. The van der Waals surface area contributed by atoms with Crippen molar-refractivity contribution in [1.82, 2.24) is 40.4 Å². The van der Waals surface area contributed by atoms with Gasteiger partial charge in [-0.3, -0.25) is 14.4 Å². The normalized spacial score (nSPS) is 14.3. The number of fused-ring (bicyclic) bond motifs is 1. The highest BCUT2D eigenvalue weighted by atomic mass is 19.1. The van der Waals surface area contributed by atoms with Gasteiger partial charge in [-0.15, -0.1) is 0 Å². The summed E-state index contributed by atoms with van der Waals surface area (Å²) >= 11 is 0. The molecule has 3 amide bonds. The van der Waals surface area contributed by atoms with Gasteiger partial charge in [0.2, 0.25) is 0 Å². The molecule has 39 heavy (non-hydrogen) atoms. The molecule has 2 aromatic heterocycles. The SMILES string of the molecule is Cc1cc(CNC(=O)c2cc(C(=O)N[C@H]3C(=O)N(C)c4cc(-n5nnn(C)c5=O)ccc43)ncn2)ccc1F. The van der Waals surface area contributed by atoms with Crippen LogP contribution in [0.4, 0.5) is 10.1 Å². The van der Waals surface area contributed by atoms with Gasteiger partial charge in [0.25, 0.3) is 17.7 Å². The summed E-state index contributed by atoms with van der Waals surface area (Å²) in [6.07, 6.45) is 1.08. The number of nitrogens with one attached hydrogen (secondary N) is 2. The second kappa shape index (κ2) is 9.89. The molecule has 0 saturated carbocycles. The molecule has 0 bridgehead atoms. The maximum Gasteiger partial charge on any atom is 0.368 e. The summed E-state index contributed by atoms with van der Waals surface area (Å²) in [6.45, 7) is 1.76. The zero-order valence-electron chi connectivity index (χ0n) is 21.0. The van der Waals surface area contributed by atoms with E-state index in [1.807, 2.05) is 0 Å². The lowest BCUT2D eigenvalue weighted by Gasteiger charge is -2.13. The maximum absolute atomic E-state index is 13.5. The van der Waals surface area contributed by atoms with E-state index in [0.29, 0.717) is 28.1 Å². The van der Waals surface area contributed by atoms with E-state index in [1.54, 1.807) is 44.3 Å². The van der Waals surface area contributed by atoms with E-state index in [0.717, 1.165) is 15.7 Å². The Kier molecular flexibility index (Phi) is 6.44. The number of hydrogen-bond donors (Lipinski definition) is 2. The predicted molar refractivity (Wildman–Crippen MR) is 135 cm³/mol. The number of rotatable bonds is 6. The number of aryl methyl sites for hydroxylation is 2. The molecule has 0 spiro atoms. The van der Waals surface area contributed by atoms with E-state index >= 15 is 0 Å². The molecule has 1 aliphatic rings. The van der Waals surface area contributed by atoms with Crippen LogP contribution >= 0.6 is 0 Å². The Morgan fingerprint density at radius 2 is 1.72 bits per heavy atom. The minimum Gasteiger partial charge on any atom is -0.347 e. The molecule has 1 aliphatic heterocycles. The van der Waals surface area contributed by atoms with Gasteiger partial charge in [0, 0.05) is 32.3 Å². The lowest BCUT2D eigenvalue weighted by atomic mass is 10.1. The Morgan fingerprint density at radius 3 is 2.41 bits per heavy atom. The van der Waals surface area contributed by atoms with Gasteiger partial charge in [0.15, 0.2) is 0 Å². The third-order valence-corrected chi connectivity index (χ3v) is 6.31. The highest BCUT2D eigenvalue weighted by Crippen LogP contribution is 2.36. The monoisotopic (exact) mass is 531 g/mol. The lowest BCUT2D eigenvalue weighted by molar-refractivity contribution is -0.119. The third kappa shape index (κ3) is 4.74. The molecule has 4 aromatic rings. The van der Waals surface area contributed by atoms with Crippen molar-refractivity contribution in [2.75, 3.05) is 11.9 Å². The fraction of sp³-hybridized carbons (Fsp3) is 0.200. The van der Waals surface area contributed by atoms with Gasteiger partial charge in [-0.2, -0.15) is 9.36 Å². The number of benzene rings is 2. The Bertz CT molecular complexity index is 1700. The van der Waals surface area contributed by atoms with Gasteiger partial charge in [0.05, 0.1) is 11.4 Å². The van der Waals surface area contributed by atoms with Gasteiger partial charge in [-0.1, -0.05) is 18.2 Å². The van der Waals surface area contributed by atoms with Crippen LogP contribution in [0.2, 0.25) is 0 Å². The van der Waals surface area contributed by atoms with Gasteiger partial charge >= 0.3 is 5.69 Å². The van der Waals surface area contributed by atoms with Crippen molar-refractivity contribution in [3.05, 3.63) is 93.2 Å². The van der Waals surface area contributed by atoms with E-state index in [-0.39, 0.29) is 23.7 Å². The Labute approximate surface area is 220 Å². The van der Waals surface area contributed by atoms with Gasteiger partial charge in [-0.05, 0) is 46.7 Å². The van der Waals surface area contributed by atoms with Crippen molar-refractivity contribution < 1.29 is 18.8 Å². The first-order chi connectivity index (χ1) is 18.6. The van der Waals surface area contributed by atoms with Crippen LogP contribution in [-0.2, 0) is 18.4 Å². The minimum absolute atomic E-state index is 0.0525. The van der Waals surface area contributed by atoms with Crippen LogP contribution in [0.25, 0.3) is 5.69 Å². The van der Waals surface area contributed by atoms with Crippen LogP contribution in [0, 0.1) is 12.7 Å². The first-order valence-electron chi connectivity index (χ1n) is 11.7. The molecule has 14 heteroatoms. The fourth-order valence-electron chi connectivity index (χ4n) is 4.16. The minimum atomic E-state index is -1.01. The van der Waals surface area contributed by atoms with Gasteiger partial charge in [0.1, 0.15) is 29.6 Å². The first kappa shape index (κ1) is 25.4. The molecule has 0 radical (unpaired) electrons. The topological polar surface area (TPSA) is 157 Å². The number of carbonyl (C=O) groups is 3. The molecule has 1 atom stereocenters. The molecule has 13 nitrogen and oxygen atoms in total. The molecular weight excluding hydrogens is 509 g/mol. The molecule has 2 N–H and O–H groups in total. The van der Waals surface area contributed by atoms with Crippen LogP contribution in [-0.4, -0.2) is 54.5 Å². The molecule has 198 valence electrons. The van der Waals surface area contributed by atoms with Crippen molar-refractivity contribution in [3.63, 3.8) is 0 Å². The third-order valence-electron chi connectivity index (χ3n) is 6.31. The first-order valence-corrected chi connectivity index (χ1v) is 11.7. The maximum atomic E-state index is 13.5. The van der Waals surface area contributed by atoms with Crippen molar-refractivity contribution in [2.45, 2.75) is 19.5 Å². The summed E-state index contributed by atoms with van der Waals surface area (Å²) in [7, 11) is 3.02. The number of carbonyl (C=O) groups excluding carboxylic acids is 3. The van der Waals surface area contributed by atoms with Crippen LogP contribution in [0.1, 0.15) is 43.7 Å². The summed E-state index contributed by atoms with van der Waals surface area (Å²) in [4.78, 5) is 60.1. The Morgan fingerprint density at radius 1 is 0.974 bits per heavy atom. The van der Waals surface area contributed by atoms with Crippen molar-refractivity contribution in [3.8, 4) is 5.69 Å². The molecule has 3 heterocycles. The van der Waals surface area contributed by atoms with Gasteiger partial charge in [-0.25, -0.2) is 19.2 Å². The zero-order valence-corrected chi connectivity index (χ0v) is 21.0. The summed E-state index contributed by atoms with van der Waals surface area (Å²) in [6, 6.07) is 9.52. The summed E-state index contributed by atoms with van der Waals surface area (Å²) in [5.74, 6) is -1.98. The van der Waals surface area contributed by atoms with Crippen LogP contribution in [0.15, 0.2) is 53.6 Å². The molecular formula is C25H22FN9O4. The highest BCUT2D eigenvalue weighted by Gasteiger charge is 2.37. The Hall–Kier alpha value is -5.27. The van der Waals surface area contributed by atoms with Gasteiger partial charge < -0.3 is 15.5 Å². The zero-order chi connectivity index (χ0) is 27.8. The lowest BCUT2D eigenvalue weighted by Crippen LogP contribution is -2.36. The highest BCUT2D eigenvalue weighted by molar-refractivity contribution is 6.07. The largest absolute Gasteiger partial charge is 0.368 e. The number of likely N-dealkylation sites (N-methyl/N-ethyl adjacent to an activating group) is 1. The summed E-state index contributed by atoms with van der Waals surface area (Å²) in [5, 5.41) is 12.8. The summed E-state index contributed by atoms with van der Waals surface area (Å²) in [5.41, 5.74) is 1.93. The molecule has 0 unspecified atom stereocenters. The van der Waals surface area contributed by atoms with E-state index in [1.165, 1.54) is 24.1 Å². The van der Waals surface area contributed by atoms with E-state index in [9.17, 15) is 23.6 Å². The number of nitrogens with zero attached hydrogens (tertiary/aromatic N) is 7. The van der Waals surface area contributed by atoms with Crippen LogP contribution in [0.3, 0.4) is 0 Å². The smallest absolute Gasteiger partial charge is 0.347 e. The van der Waals surface area contributed by atoms with Crippen LogP contribution < -0.4 is 21.2 Å². The van der Waals surface area contributed by atoms with Crippen molar-refractivity contribution in [2.24, 2.45) is 7.05 Å². The molecule has 2 aromatic carbocycles. The number of aromatic nitrogens is 6. The second-order valence-electron chi connectivity index (χ2n) is 8.90. The second-order valence-corrected chi connectivity index (χ2v) is 8.90. The quantitative estimate of drug-likeness (QED) is 0.366. The number of amides is 3. The molecule has 0 fully saturated rings. The van der Waals surface area contributed by atoms with E-state index in [2.05, 4.69) is 31.0 Å². The van der Waals surface area contributed by atoms with Crippen LogP contribution in [0.5, 0.6) is 0 Å². The molecule has 0 aliphatic carbocycles. The average Bonchev–Trinajstić information content (AvgIpc) is 3.39. The fourth-order valence-corrected chi connectivity index (χ4v) is 4.16. The molecule has 5 rings (SSSR count). The number of tetrazole rings is 1. The van der Waals surface area contributed by atoms with E-state index < -0.39 is 29.5 Å². The molecule has 0 saturated heterocycles. The standard InChI is InChI=1S/C25H22FN9O4/c1-13-8-14(4-7-17(13)26)11-27-22(36)18-10-19(29-12-28-18)23(37)30-21-16-6-5-15(9-20(16)33(2)24(21)38)35-25(39)34(3)31-32-35/h4-10,12,21H,11H2,1-3H3,(H,27,36)(H,30,37)/t21-/m1/s1. The number of anilines is 1. The van der Waals surface area contributed by atoms with E-state index in [4.69, 9.17) is 0 Å². The summed E-state index contributed by atoms with van der Waals surface area (Å²) < 4.78 is 15.6. The van der Waals surface area contributed by atoms with Crippen molar-refractivity contribution in [1.29, 1.82) is 0 Å². The average molecular weight is 532 g/mol. The van der Waals surface area contributed by atoms with Crippen molar-refractivity contribution >= 4 is 23.4 Å². The predicted octanol–water partition coefficient (Wildman–Crippen LogP) is 0.581. The number of hydrogen-bond acceptors (Lipinski definition) is 8. The number of halogens is 1.